The van der Waals surface area contributed by atoms with Crippen LogP contribution in [0.2, 0.25) is 0 Å². The maximum atomic E-state index is 9.26. The fraction of sp³-hybridized carbons (Fsp3) is 0.833. The highest BCUT2D eigenvalue weighted by Crippen LogP contribution is 2.39. The van der Waals surface area contributed by atoms with Crippen molar-refractivity contribution in [3.05, 3.63) is 12.7 Å². The maximum Gasteiger partial charge on any atom is 0.187 e. The number of ether oxygens (including phenoxy) is 4. The van der Waals surface area contributed by atoms with Crippen LogP contribution in [0, 0.1) is 0 Å². The van der Waals surface area contributed by atoms with Crippen molar-refractivity contribution < 1.29 is 24.1 Å². The quantitative estimate of drug-likeness (QED) is 0.742. The van der Waals surface area contributed by atoms with Crippen LogP contribution in [0.4, 0.5) is 0 Å². The Morgan fingerprint density at radius 2 is 2.06 bits per heavy atom. The van der Waals surface area contributed by atoms with Crippen LogP contribution in [0.1, 0.15) is 20.8 Å². The lowest BCUT2D eigenvalue weighted by atomic mass is 10.1. The second-order valence-electron chi connectivity index (χ2n) is 4.87. The number of rotatable bonds is 4. The van der Waals surface area contributed by atoms with Crippen LogP contribution in [0.5, 0.6) is 0 Å². The molecule has 2 rings (SSSR count). The van der Waals surface area contributed by atoms with Gasteiger partial charge in [0.25, 0.3) is 0 Å². The monoisotopic (exact) mass is 244 g/mol. The molecule has 0 spiro atoms. The van der Waals surface area contributed by atoms with E-state index in [0.29, 0.717) is 0 Å². The van der Waals surface area contributed by atoms with Gasteiger partial charge in [0.05, 0.1) is 12.7 Å². The first kappa shape index (κ1) is 13.0. The standard InChI is InChI=1S/C12H20O5/c1-5-7(2)14-11-10-9(8(6-13)15-11)16-12(3,4)17-10/h5,7-11,13H,1,6H2,2-4H3/t7?,8-,9-,10-,11-/m1/s1. The zero-order chi connectivity index (χ0) is 12.6. The minimum atomic E-state index is -0.661. The van der Waals surface area contributed by atoms with Gasteiger partial charge in [0.15, 0.2) is 12.1 Å². The fourth-order valence-electron chi connectivity index (χ4n) is 2.17. The van der Waals surface area contributed by atoms with E-state index in [-0.39, 0.29) is 24.9 Å². The van der Waals surface area contributed by atoms with E-state index >= 15 is 0 Å². The number of hydrogen-bond donors (Lipinski definition) is 1. The van der Waals surface area contributed by atoms with Gasteiger partial charge >= 0.3 is 0 Å². The second-order valence-corrected chi connectivity index (χ2v) is 4.87. The van der Waals surface area contributed by atoms with Gasteiger partial charge in [0.1, 0.15) is 18.3 Å². The summed E-state index contributed by atoms with van der Waals surface area (Å²) in [6.07, 6.45) is 0.0497. The van der Waals surface area contributed by atoms with Gasteiger partial charge in [-0.15, -0.1) is 6.58 Å². The van der Waals surface area contributed by atoms with Gasteiger partial charge < -0.3 is 24.1 Å². The highest BCUT2D eigenvalue weighted by molar-refractivity contribution is 4.95. The Hall–Kier alpha value is -0.460. The Bertz CT molecular complexity index is 291. The van der Waals surface area contributed by atoms with Crippen LogP contribution in [0.3, 0.4) is 0 Å². The molecule has 0 radical (unpaired) electrons. The normalized spacial score (nSPS) is 41.2. The predicted octanol–water partition coefficient (Wildman–Crippen LogP) is 0.815. The van der Waals surface area contributed by atoms with Gasteiger partial charge in [-0.05, 0) is 20.8 Å². The summed E-state index contributed by atoms with van der Waals surface area (Å²) < 4.78 is 22.7. The maximum absolute atomic E-state index is 9.26. The molecule has 0 aromatic carbocycles. The molecule has 5 heteroatoms. The Morgan fingerprint density at radius 3 is 2.65 bits per heavy atom. The van der Waals surface area contributed by atoms with Gasteiger partial charge in [-0.3, -0.25) is 0 Å². The Morgan fingerprint density at radius 1 is 1.41 bits per heavy atom. The summed E-state index contributed by atoms with van der Waals surface area (Å²) in [5, 5.41) is 9.26. The Balaban J connectivity index is 2.07. The van der Waals surface area contributed by atoms with E-state index in [1.807, 2.05) is 20.8 Å². The molecule has 5 nitrogen and oxygen atoms in total. The molecule has 2 aliphatic rings. The van der Waals surface area contributed by atoms with Crippen LogP contribution < -0.4 is 0 Å². The summed E-state index contributed by atoms with van der Waals surface area (Å²) in [4.78, 5) is 0. The molecule has 2 saturated heterocycles. The molecule has 2 heterocycles. The molecule has 2 aliphatic heterocycles. The third-order valence-corrected chi connectivity index (χ3v) is 2.97. The highest BCUT2D eigenvalue weighted by atomic mass is 16.8. The molecule has 98 valence electrons. The van der Waals surface area contributed by atoms with E-state index in [2.05, 4.69) is 6.58 Å². The summed E-state index contributed by atoms with van der Waals surface area (Å²) in [7, 11) is 0. The molecule has 17 heavy (non-hydrogen) atoms. The topological polar surface area (TPSA) is 57.2 Å². The van der Waals surface area contributed by atoms with E-state index in [1.54, 1.807) is 6.08 Å². The van der Waals surface area contributed by atoms with E-state index in [9.17, 15) is 5.11 Å². The average molecular weight is 244 g/mol. The molecule has 0 aromatic rings. The first-order valence-corrected chi connectivity index (χ1v) is 5.87. The second kappa shape index (κ2) is 4.66. The molecule has 0 aliphatic carbocycles. The molecule has 0 bridgehead atoms. The third kappa shape index (κ3) is 2.53. The van der Waals surface area contributed by atoms with Gasteiger partial charge in [0, 0.05) is 0 Å². The van der Waals surface area contributed by atoms with Gasteiger partial charge in [-0.25, -0.2) is 0 Å². The van der Waals surface area contributed by atoms with Crippen molar-refractivity contribution in [3.8, 4) is 0 Å². The summed E-state index contributed by atoms with van der Waals surface area (Å²) in [5.41, 5.74) is 0. The molecule has 2 fully saturated rings. The smallest absolute Gasteiger partial charge is 0.187 e. The summed E-state index contributed by atoms with van der Waals surface area (Å²) in [6, 6.07) is 0. The zero-order valence-electron chi connectivity index (χ0n) is 10.5. The highest BCUT2D eigenvalue weighted by Gasteiger charge is 2.55. The molecule has 0 amide bonds. The van der Waals surface area contributed by atoms with Crippen LogP contribution in [-0.4, -0.2) is 48.2 Å². The summed E-state index contributed by atoms with van der Waals surface area (Å²) >= 11 is 0. The van der Waals surface area contributed by atoms with Crippen LogP contribution in [-0.2, 0) is 18.9 Å². The van der Waals surface area contributed by atoms with E-state index in [0.717, 1.165) is 0 Å². The van der Waals surface area contributed by atoms with Gasteiger partial charge in [-0.1, -0.05) is 6.08 Å². The molecule has 1 N–H and O–H groups in total. The first-order chi connectivity index (χ1) is 7.96. The van der Waals surface area contributed by atoms with E-state index < -0.39 is 18.2 Å². The van der Waals surface area contributed by atoms with Gasteiger partial charge in [-0.2, -0.15) is 0 Å². The fourth-order valence-corrected chi connectivity index (χ4v) is 2.17. The van der Waals surface area contributed by atoms with E-state index in [4.69, 9.17) is 18.9 Å². The van der Waals surface area contributed by atoms with Crippen LogP contribution in [0.25, 0.3) is 0 Å². The van der Waals surface area contributed by atoms with Crippen molar-refractivity contribution >= 4 is 0 Å². The Labute approximate surface area is 101 Å². The van der Waals surface area contributed by atoms with Gasteiger partial charge in [0.2, 0.25) is 0 Å². The largest absolute Gasteiger partial charge is 0.394 e. The average Bonchev–Trinajstić information content (AvgIpc) is 2.73. The minimum Gasteiger partial charge on any atom is -0.394 e. The van der Waals surface area contributed by atoms with Crippen molar-refractivity contribution in [3.63, 3.8) is 0 Å². The predicted molar refractivity (Wildman–Crippen MR) is 60.3 cm³/mol. The molecule has 0 saturated carbocycles. The Kier molecular flexibility index (Phi) is 3.56. The third-order valence-electron chi connectivity index (χ3n) is 2.97. The minimum absolute atomic E-state index is 0.108. The lowest BCUT2D eigenvalue weighted by molar-refractivity contribution is -0.241. The SMILES string of the molecule is C=CC(C)O[C@@H]1O[C@H](CO)[C@H]2OC(C)(C)O[C@@H]12. The van der Waals surface area contributed by atoms with Crippen molar-refractivity contribution in [2.75, 3.05) is 6.61 Å². The molecular weight excluding hydrogens is 224 g/mol. The summed E-state index contributed by atoms with van der Waals surface area (Å²) in [5.74, 6) is -0.661. The zero-order valence-corrected chi connectivity index (χ0v) is 10.5. The van der Waals surface area contributed by atoms with Crippen molar-refractivity contribution in [1.29, 1.82) is 0 Å². The lowest BCUT2D eigenvalue weighted by Crippen LogP contribution is -2.33. The van der Waals surface area contributed by atoms with Crippen molar-refractivity contribution in [1.82, 2.24) is 0 Å². The number of fused-ring (bicyclic) bond motifs is 1. The number of aliphatic hydroxyl groups excluding tert-OH is 1. The van der Waals surface area contributed by atoms with Crippen molar-refractivity contribution in [2.24, 2.45) is 0 Å². The molecular formula is C12H20O5. The van der Waals surface area contributed by atoms with E-state index in [1.165, 1.54) is 0 Å². The first-order valence-electron chi connectivity index (χ1n) is 5.87. The number of aliphatic hydroxyl groups is 1. The molecule has 1 unspecified atom stereocenters. The number of hydrogen-bond acceptors (Lipinski definition) is 5. The van der Waals surface area contributed by atoms with Crippen LogP contribution >= 0.6 is 0 Å². The van der Waals surface area contributed by atoms with Crippen LogP contribution in [0.15, 0.2) is 12.7 Å². The lowest BCUT2D eigenvalue weighted by Gasteiger charge is -2.24. The molecule has 0 aromatic heterocycles. The van der Waals surface area contributed by atoms with Crippen molar-refractivity contribution in [2.45, 2.75) is 57.3 Å². The summed E-state index contributed by atoms with van der Waals surface area (Å²) in [6.45, 7) is 9.10. The molecule has 5 atom stereocenters.